The summed E-state index contributed by atoms with van der Waals surface area (Å²) in [5.74, 6) is 0.970. The third kappa shape index (κ3) is 2.57. The minimum atomic E-state index is 0.203. The number of piperidine rings is 1. The first kappa shape index (κ1) is 12.5. The van der Waals surface area contributed by atoms with Crippen molar-refractivity contribution in [1.82, 2.24) is 10.1 Å². The van der Waals surface area contributed by atoms with Crippen molar-refractivity contribution in [1.29, 1.82) is 0 Å². The lowest BCUT2D eigenvalue weighted by molar-refractivity contribution is -0.130. The molecule has 102 valence electrons. The summed E-state index contributed by atoms with van der Waals surface area (Å²) in [7, 11) is 0. The fourth-order valence-corrected chi connectivity index (χ4v) is 2.81. The Morgan fingerprint density at radius 2 is 1.79 bits per heavy atom. The highest BCUT2D eigenvalue weighted by Gasteiger charge is 2.25. The van der Waals surface area contributed by atoms with Crippen molar-refractivity contribution in [3.8, 4) is 0 Å². The molecule has 0 spiro atoms. The second-order valence-electron chi connectivity index (χ2n) is 5.57. The average molecular weight is 260 g/mol. The molecular formula is C15H20N2O2. The number of hydrogen-bond acceptors (Lipinski definition) is 3. The highest BCUT2D eigenvalue weighted by atomic mass is 16.5. The normalized spacial score (nSPS) is 18.9. The molecule has 0 atom stereocenters. The second kappa shape index (κ2) is 4.83. The summed E-state index contributed by atoms with van der Waals surface area (Å²) in [5.41, 5.74) is 5.05. The minimum Gasteiger partial charge on any atom is -0.361 e. The third-order valence-electron chi connectivity index (χ3n) is 4.23. The van der Waals surface area contributed by atoms with Gasteiger partial charge in [-0.15, -0.1) is 0 Å². The number of aryl methyl sites for hydroxylation is 2. The number of carbonyl (C=O) groups excluding carboxylic acids is 1. The molecule has 1 saturated carbocycles. The Bertz CT molecular complexity index is 507. The summed E-state index contributed by atoms with van der Waals surface area (Å²) in [5, 5.41) is 3.90. The Hall–Kier alpha value is -1.58. The van der Waals surface area contributed by atoms with Crippen molar-refractivity contribution < 1.29 is 9.32 Å². The maximum absolute atomic E-state index is 12.3. The predicted octanol–water partition coefficient (Wildman–Crippen LogP) is 2.55. The fraction of sp³-hybridized carbons (Fsp3) is 0.600. The van der Waals surface area contributed by atoms with Gasteiger partial charge in [-0.1, -0.05) is 16.3 Å². The molecule has 1 aromatic rings. The molecule has 2 heterocycles. The lowest BCUT2D eigenvalue weighted by Crippen LogP contribution is -2.37. The van der Waals surface area contributed by atoms with Gasteiger partial charge in [-0.3, -0.25) is 4.79 Å². The van der Waals surface area contributed by atoms with E-state index in [1.165, 1.54) is 12.8 Å². The number of allylic oxidation sites excluding steroid dienone is 1. The van der Waals surface area contributed by atoms with Crippen LogP contribution in [0, 0.1) is 13.8 Å². The van der Waals surface area contributed by atoms with Crippen molar-refractivity contribution in [3.05, 3.63) is 28.2 Å². The van der Waals surface area contributed by atoms with E-state index in [0.29, 0.717) is 6.42 Å². The Morgan fingerprint density at radius 3 is 2.32 bits per heavy atom. The van der Waals surface area contributed by atoms with Gasteiger partial charge >= 0.3 is 0 Å². The van der Waals surface area contributed by atoms with Crippen LogP contribution in [-0.2, 0) is 11.2 Å². The van der Waals surface area contributed by atoms with Crippen LogP contribution in [-0.4, -0.2) is 29.1 Å². The number of rotatable bonds is 2. The first-order valence-corrected chi connectivity index (χ1v) is 7.04. The van der Waals surface area contributed by atoms with Crippen molar-refractivity contribution in [2.24, 2.45) is 0 Å². The number of nitrogens with zero attached hydrogens (tertiary/aromatic N) is 2. The lowest BCUT2D eigenvalue weighted by atomic mass is 10.0. The molecule has 0 unspecified atom stereocenters. The molecule has 1 aliphatic heterocycles. The van der Waals surface area contributed by atoms with E-state index in [4.69, 9.17) is 4.52 Å². The monoisotopic (exact) mass is 260 g/mol. The zero-order valence-corrected chi connectivity index (χ0v) is 11.7. The maximum Gasteiger partial charge on any atom is 0.227 e. The lowest BCUT2D eigenvalue weighted by Gasteiger charge is -2.28. The topological polar surface area (TPSA) is 46.3 Å². The van der Waals surface area contributed by atoms with Gasteiger partial charge in [0, 0.05) is 18.7 Å². The summed E-state index contributed by atoms with van der Waals surface area (Å²) in [6.07, 6.45) is 5.16. The van der Waals surface area contributed by atoms with Crippen LogP contribution in [0.2, 0.25) is 0 Å². The SMILES string of the molecule is Cc1noc(C)c1CC(=O)N1CCC(=C2CC2)CC1. The van der Waals surface area contributed by atoms with Gasteiger partial charge < -0.3 is 9.42 Å². The molecule has 19 heavy (non-hydrogen) atoms. The van der Waals surface area contributed by atoms with Crippen LogP contribution in [0.15, 0.2) is 15.7 Å². The molecule has 0 radical (unpaired) electrons. The van der Waals surface area contributed by atoms with Gasteiger partial charge in [0.2, 0.25) is 5.91 Å². The molecule has 1 amide bonds. The quantitative estimate of drug-likeness (QED) is 0.768. The van der Waals surface area contributed by atoms with Crippen LogP contribution in [0.25, 0.3) is 0 Å². The first-order valence-electron chi connectivity index (χ1n) is 7.04. The van der Waals surface area contributed by atoms with E-state index >= 15 is 0 Å². The van der Waals surface area contributed by atoms with Crippen molar-refractivity contribution >= 4 is 5.91 Å². The van der Waals surface area contributed by atoms with Gasteiger partial charge in [-0.2, -0.15) is 0 Å². The molecular weight excluding hydrogens is 240 g/mol. The van der Waals surface area contributed by atoms with Gasteiger partial charge in [0.1, 0.15) is 5.76 Å². The molecule has 2 fully saturated rings. The van der Waals surface area contributed by atoms with E-state index in [-0.39, 0.29) is 5.91 Å². The standard InChI is InChI=1S/C15H20N2O2/c1-10-14(11(2)19-16-10)9-15(18)17-7-5-13(6-8-17)12-3-4-12/h3-9H2,1-2H3. The summed E-state index contributed by atoms with van der Waals surface area (Å²) < 4.78 is 5.11. The number of carbonyl (C=O) groups is 1. The Morgan fingerprint density at radius 1 is 1.16 bits per heavy atom. The zero-order chi connectivity index (χ0) is 13.4. The molecule has 1 saturated heterocycles. The van der Waals surface area contributed by atoms with E-state index < -0.39 is 0 Å². The molecule has 4 heteroatoms. The Labute approximate surface area is 113 Å². The first-order chi connectivity index (χ1) is 9.15. The molecule has 0 N–H and O–H groups in total. The molecule has 2 aliphatic rings. The van der Waals surface area contributed by atoms with E-state index in [1.807, 2.05) is 18.7 Å². The molecule has 1 aromatic heterocycles. The van der Waals surface area contributed by atoms with Gasteiger partial charge in [0.15, 0.2) is 0 Å². The van der Waals surface area contributed by atoms with Gasteiger partial charge in [0.25, 0.3) is 0 Å². The van der Waals surface area contributed by atoms with Crippen LogP contribution in [0.4, 0.5) is 0 Å². The maximum atomic E-state index is 12.3. The highest BCUT2D eigenvalue weighted by Crippen LogP contribution is 2.36. The fourth-order valence-electron chi connectivity index (χ4n) is 2.81. The Balaban J connectivity index is 1.61. The predicted molar refractivity (Wildman–Crippen MR) is 71.8 cm³/mol. The molecule has 0 aromatic carbocycles. The van der Waals surface area contributed by atoms with Crippen molar-refractivity contribution in [2.45, 2.75) is 46.0 Å². The Kier molecular flexibility index (Phi) is 3.17. The van der Waals surface area contributed by atoms with Gasteiger partial charge in [0.05, 0.1) is 12.1 Å². The van der Waals surface area contributed by atoms with E-state index in [0.717, 1.165) is 42.9 Å². The highest BCUT2D eigenvalue weighted by molar-refractivity contribution is 5.79. The van der Waals surface area contributed by atoms with Crippen LogP contribution >= 0.6 is 0 Å². The van der Waals surface area contributed by atoms with Crippen LogP contribution in [0.1, 0.15) is 42.7 Å². The van der Waals surface area contributed by atoms with Crippen LogP contribution in [0.5, 0.6) is 0 Å². The van der Waals surface area contributed by atoms with E-state index in [9.17, 15) is 4.79 Å². The number of amides is 1. The van der Waals surface area contributed by atoms with Crippen LogP contribution < -0.4 is 0 Å². The number of aromatic nitrogens is 1. The molecule has 1 aliphatic carbocycles. The number of likely N-dealkylation sites (tertiary alicyclic amines) is 1. The average Bonchev–Trinajstić information content (AvgIpc) is 3.22. The molecule has 3 rings (SSSR count). The van der Waals surface area contributed by atoms with E-state index in [2.05, 4.69) is 5.16 Å². The van der Waals surface area contributed by atoms with Gasteiger partial charge in [-0.25, -0.2) is 0 Å². The number of hydrogen-bond donors (Lipinski definition) is 0. The summed E-state index contributed by atoms with van der Waals surface area (Å²) in [6, 6.07) is 0. The molecule has 4 nitrogen and oxygen atoms in total. The second-order valence-corrected chi connectivity index (χ2v) is 5.57. The van der Waals surface area contributed by atoms with Crippen molar-refractivity contribution in [2.75, 3.05) is 13.1 Å². The van der Waals surface area contributed by atoms with E-state index in [1.54, 1.807) is 11.1 Å². The summed E-state index contributed by atoms with van der Waals surface area (Å²) in [4.78, 5) is 14.3. The molecule has 0 bridgehead atoms. The minimum absolute atomic E-state index is 0.203. The van der Waals surface area contributed by atoms with Crippen LogP contribution in [0.3, 0.4) is 0 Å². The summed E-state index contributed by atoms with van der Waals surface area (Å²) in [6.45, 7) is 5.52. The largest absolute Gasteiger partial charge is 0.361 e. The summed E-state index contributed by atoms with van der Waals surface area (Å²) >= 11 is 0. The smallest absolute Gasteiger partial charge is 0.227 e. The third-order valence-corrected chi connectivity index (χ3v) is 4.23. The van der Waals surface area contributed by atoms with Crippen molar-refractivity contribution in [3.63, 3.8) is 0 Å². The zero-order valence-electron chi connectivity index (χ0n) is 11.7. The van der Waals surface area contributed by atoms with Gasteiger partial charge in [-0.05, 0) is 39.5 Å².